The van der Waals surface area contributed by atoms with Gasteiger partial charge in [-0.3, -0.25) is 9.59 Å². The average molecular weight is 418 g/mol. The molecule has 6 heteroatoms. The molecular formula is C25H27N3O3. The van der Waals surface area contributed by atoms with Crippen molar-refractivity contribution < 1.29 is 14.3 Å². The molecule has 2 aromatic rings. The summed E-state index contributed by atoms with van der Waals surface area (Å²) >= 11 is 0. The first-order valence-corrected chi connectivity index (χ1v) is 10.7. The summed E-state index contributed by atoms with van der Waals surface area (Å²) in [6.45, 7) is 6.35. The molecule has 0 saturated carbocycles. The molecule has 0 saturated heterocycles. The number of ether oxygens (including phenoxy) is 1. The summed E-state index contributed by atoms with van der Waals surface area (Å²) in [5, 5.41) is 6.24. The van der Waals surface area contributed by atoms with Gasteiger partial charge in [-0.15, -0.1) is 0 Å². The van der Waals surface area contributed by atoms with E-state index in [2.05, 4.69) is 15.6 Å². The second-order valence-corrected chi connectivity index (χ2v) is 7.94. The number of allylic oxidation sites excluding steroid dienone is 3. The number of pyridine rings is 1. The van der Waals surface area contributed by atoms with Crippen LogP contribution in [0.15, 0.2) is 65.1 Å². The Morgan fingerprint density at radius 1 is 1.16 bits per heavy atom. The summed E-state index contributed by atoms with van der Waals surface area (Å²) in [6, 6.07) is 11.3. The van der Waals surface area contributed by atoms with Gasteiger partial charge in [0.05, 0.1) is 6.61 Å². The van der Waals surface area contributed by atoms with E-state index in [1.165, 1.54) is 0 Å². The fourth-order valence-electron chi connectivity index (χ4n) is 4.27. The molecule has 1 amide bonds. The summed E-state index contributed by atoms with van der Waals surface area (Å²) in [5.74, 6) is 0.658. The molecule has 0 fully saturated rings. The lowest BCUT2D eigenvalue weighted by Gasteiger charge is -2.34. The van der Waals surface area contributed by atoms with Gasteiger partial charge in [-0.2, -0.15) is 0 Å². The number of hydrogen-bond acceptors (Lipinski definition) is 5. The van der Waals surface area contributed by atoms with Crippen LogP contribution in [-0.4, -0.2) is 23.3 Å². The van der Waals surface area contributed by atoms with Crippen molar-refractivity contribution in [1.29, 1.82) is 0 Å². The van der Waals surface area contributed by atoms with Gasteiger partial charge in [0.2, 0.25) is 0 Å². The molecule has 2 N–H and O–H groups in total. The number of Topliss-reactive ketones (excluding diaryl/α,β-unsaturated/α-hetero) is 1. The Kier molecular flexibility index (Phi) is 5.89. The van der Waals surface area contributed by atoms with Crippen molar-refractivity contribution in [2.45, 2.75) is 46.0 Å². The predicted octanol–water partition coefficient (Wildman–Crippen LogP) is 4.40. The minimum absolute atomic E-state index is 0.0962. The molecular weight excluding hydrogens is 390 g/mol. The number of carbonyl (C=O) groups is 2. The zero-order valence-corrected chi connectivity index (χ0v) is 18.1. The Balaban J connectivity index is 1.74. The molecule has 1 aromatic heterocycles. The van der Waals surface area contributed by atoms with E-state index in [9.17, 15) is 9.59 Å². The van der Waals surface area contributed by atoms with E-state index in [1.54, 1.807) is 12.3 Å². The number of benzene rings is 1. The zero-order valence-electron chi connectivity index (χ0n) is 18.1. The Bertz CT molecular complexity index is 1070. The third kappa shape index (κ3) is 4.24. The number of nitrogens with one attached hydrogen (secondary N) is 2. The van der Waals surface area contributed by atoms with Crippen LogP contribution in [0.5, 0.6) is 5.75 Å². The van der Waals surface area contributed by atoms with Crippen molar-refractivity contribution in [1.82, 2.24) is 10.3 Å². The van der Waals surface area contributed by atoms with E-state index >= 15 is 0 Å². The standard InChI is InChI=1S/C25H27N3O3/c1-4-31-18-11-9-17(10-12-18)23-22(25(30)28-21-13-8-15(2)14-26-21)16(3)27-19-6-5-7-20(29)24(19)23/h8-14,23,27H,4-7H2,1-3H3,(H,26,28,30)/t23-/m1/s1. The van der Waals surface area contributed by atoms with Crippen molar-refractivity contribution in [3.63, 3.8) is 0 Å². The van der Waals surface area contributed by atoms with Gasteiger partial charge in [-0.25, -0.2) is 4.98 Å². The molecule has 1 aliphatic heterocycles. The molecule has 160 valence electrons. The summed E-state index contributed by atoms with van der Waals surface area (Å²) in [7, 11) is 0. The average Bonchev–Trinajstić information content (AvgIpc) is 2.75. The van der Waals surface area contributed by atoms with E-state index in [-0.39, 0.29) is 11.7 Å². The molecule has 1 aromatic carbocycles. The van der Waals surface area contributed by atoms with Crippen LogP contribution in [0.1, 0.15) is 50.2 Å². The Morgan fingerprint density at radius 2 is 1.94 bits per heavy atom. The number of nitrogens with zero attached hydrogens (tertiary/aromatic N) is 1. The van der Waals surface area contributed by atoms with Gasteiger partial charge in [0.15, 0.2) is 5.78 Å². The highest BCUT2D eigenvalue weighted by molar-refractivity contribution is 6.09. The van der Waals surface area contributed by atoms with Gasteiger partial charge in [0.1, 0.15) is 11.6 Å². The monoisotopic (exact) mass is 417 g/mol. The van der Waals surface area contributed by atoms with Gasteiger partial charge < -0.3 is 15.4 Å². The number of rotatable bonds is 5. The first kappa shape index (κ1) is 20.8. The first-order chi connectivity index (χ1) is 15.0. The van der Waals surface area contributed by atoms with Gasteiger partial charge in [-0.1, -0.05) is 18.2 Å². The highest BCUT2D eigenvalue weighted by Crippen LogP contribution is 2.42. The molecule has 2 aliphatic rings. The fraction of sp³-hybridized carbons (Fsp3) is 0.320. The third-order valence-corrected chi connectivity index (χ3v) is 5.70. The maximum Gasteiger partial charge on any atom is 0.255 e. The molecule has 1 aliphatic carbocycles. The molecule has 0 bridgehead atoms. The number of carbonyl (C=O) groups excluding carboxylic acids is 2. The van der Waals surface area contributed by atoms with Gasteiger partial charge >= 0.3 is 0 Å². The quantitative estimate of drug-likeness (QED) is 0.754. The molecule has 0 spiro atoms. The molecule has 31 heavy (non-hydrogen) atoms. The van der Waals surface area contributed by atoms with Crippen LogP contribution < -0.4 is 15.4 Å². The minimum atomic E-state index is -0.426. The fourth-order valence-corrected chi connectivity index (χ4v) is 4.27. The highest BCUT2D eigenvalue weighted by Gasteiger charge is 2.38. The summed E-state index contributed by atoms with van der Waals surface area (Å²) in [5.41, 5.74) is 4.84. The maximum absolute atomic E-state index is 13.4. The maximum atomic E-state index is 13.4. The van der Waals surface area contributed by atoms with Crippen LogP contribution in [-0.2, 0) is 9.59 Å². The molecule has 6 nitrogen and oxygen atoms in total. The Hall–Kier alpha value is -3.41. The zero-order chi connectivity index (χ0) is 22.0. The molecule has 1 atom stereocenters. The van der Waals surface area contributed by atoms with Crippen LogP contribution in [0.2, 0.25) is 0 Å². The lowest BCUT2D eigenvalue weighted by atomic mass is 9.75. The van der Waals surface area contributed by atoms with Crippen molar-refractivity contribution in [3.05, 3.63) is 76.3 Å². The minimum Gasteiger partial charge on any atom is -0.494 e. The normalized spacial score (nSPS) is 18.4. The van der Waals surface area contributed by atoms with E-state index in [1.807, 2.05) is 51.1 Å². The first-order valence-electron chi connectivity index (χ1n) is 10.7. The van der Waals surface area contributed by atoms with Crippen LogP contribution in [0.4, 0.5) is 5.82 Å². The lowest BCUT2D eigenvalue weighted by Crippen LogP contribution is -2.35. The van der Waals surface area contributed by atoms with Gasteiger partial charge in [0.25, 0.3) is 5.91 Å². The van der Waals surface area contributed by atoms with E-state index in [4.69, 9.17) is 4.74 Å². The van der Waals surface area contributed by atoms with Crippen molar-refractivity contribution in [2.75, 3.05) is 11.9 Å². The molecule has 4 rings (SSSR count). The predicted molar refractivity (Wildman–Crippen MR) is 120 cm³/mol. The summed E-state index contributed by atoms with van der Waals surface area (Å²) in [6.07, 6.45) is 3.84. The van der Waals surface area contributed by atoms with Crippen LogP contribution in [0, 0.1) is 6.92 Å². The Labute approximate surface area is 182 Å². The van der Waals surface area contributed by atoms with Crippen LogP contribution in [0.25, 0.3) is 0 Å². The van der Waals surface area contributed by atoms with Crippen LogP contribution in [0.3, 0.4) is 0 Å². The van der Waals surface area contributed by atoms with E-state index in [0.717, 1.165) is 41.1 Å². The second-order valence-electron chi connectivity index (χ2n) is 7.94. The summed E-state index contributed by atoms with van der Waals surface area (Å²) < 4.78 is 5.57. The van der Waals surface area contributed by atoms with Crippen molar-refractivity contribution in [3.8, 4) is 5.75 Å². The highest BCUT2D eigenvalue weighted by atomic mass is 16.5. The molecule has 0 radical (unpaired) electrons. The number of dihydropyridines is 1. The number of hydrogen-bond donors (Lipinski definition) is 2. The van der Waals surface area contributed by atoms with Crippen LogP contribution >= 0.6 is 0 Å². The van der Waals surface area contributed by atoms with Crippen molar-refractivity contribution in [2.24, 2.45) is 0 Å². The Morgan fingerprint density at radius 3 is 2.61 bits per heavy atom. The number of amides is 1. The topological polar surface area (TPSA) is 80.3 Å². The number of ketones is 1. The number of aryl methyl sites for hydroxylation is 1. The van der Waals surface area contributed by atoms with E-state index in [0.29, 0.717) is 30.0 Å². The summed E-state index contributed by atoms with van der Waals surface area (Å²) in [4.78, 5) is 30.6. The van der Waals surface area contributed by atoms with E-state index < -0.39 is 5.92 Å². The molecule has 0 unspecified atom stereocenters. The molecule has 2 heterocycles. The van der Waals surface area contributed by atoms with Gasteiger partial charge in [-0.05, 0) is 62.9 Å². The smallest absolute Gasteiger partial charge is 0.255 e. The van der Waals surface area contributed by atoms with Crippen molar-refractivity contribution >= 4 is 17.5 Å². The van der Waals surface area contributed by atoms with Gasteiger partial charge in [0, 0.05) is 41.1 Å². The SMILES string of the molecule is CCOc1ccc([C@@H]2C(C(=O)Nc3ccc(C)cn3)=C(C)NC3=C2C(=O)CCC3)cc1. The second kappa shape index (κ2) is 8.76. The lowest BCUT2D eigenvalue weighted by molar-refractivity contribution is -0.116. The largest absolute Gasteiger partial charge is 0.494 e. The number of aromatic nitrogens is 1. The number of anilines is 1. The third-order valence-electron chi connectivity index (χ3n) is 5.70.